The third-order valence-electron chi connectivity index (χ3n) is 5.18. The van der Waals surface area contributed by atoms with Gasteiger partial charge in [0.15, 0.2) is 0 Å². The van der Waals surface area contributed by atoms with E-state index < -0.39 is 5.91 Å². The van der Waals surface area contributed by atoms with Gasteiger partial charge in [-0.05, 0) is 68.7 Å². The van der Waals surface area contributed by atoms with Crippen LogP contribution in [0.15, 0.2) is 42.5 Å². The summed E-state index contributed by atoms with van der Waals surface area (Å²) in [7, 11) is 0. The number of piperidine rings is 1. The molecule has 2 aromatic carbocycles. The van der Waals surface area contributed by atoms with Gasteiger partial charge in [-0.1, -0.05) is 0 Å². The first-order chi connectivity index (χ1) is 14.0. The molecule has 1 fully saturated rings. The normalized spacial score (nSPS) is 13.8. The summed E-state index contributed by atoms with van der Waals surface area (Å²) in [5.74, 6) is -1.07. The second-order valence-corrected chi connectivity index (χ2v) is 7.11. The number of hydrogen-bond acceptors (Lipinski definition) is 4. The smallest absolute Gasteiger partial charge is 0.250 e. The Morgan fingerprint density at radius 2 is 1.79 bits per heavy atom. The quantitative estimate of drug-likeness (QED) is 0.749. The zero-order valence-corrected chi connectivity index (χ0v) is 16.7. The molecule has 7 heteroatoms. The molecule has 1 heterocycles. The fraction of sp³-hybridized carbons (Fsp3) is 0.364. The van der Waals surface area contributed by atoms with Crippen LogP contribution >= 0.6 is 0 Å². The van der Waals surface area contributed by atoms with Crippen molar-refractivity contribution < 1.29 is 14.0 Å². The van der Waals surface area contributed by atoms with E-state index >= 15 is 0 Å². The topological polar surface area (TPSA) is 78.7 Å². The largest absolute Gasteiger partial charge is 0.375 e. The summed E-state index contributed by atoms with van der Waals surface area (Å²) < 4.78 is 13.1. The number of anilines is 3. The molecular formula is C22H27FN4O2. The highest BCUT2D eigenvalue weighted by atomic mass is 19.1. The number of benzene rings is 2. The van der Waals surface area contributed by atoms with Crippen LogP contribution in [-0.4, -0.2) is 38.0 Å². The Balaban J connectivity index is 1.72. The molecule has 0 aliphatic carbocycles. The fourth-order valence-electron chi connectivity index (χ4n) is 3.63. The average molecular weight is 398 g/mol. The number of carbonyl (C=O) groups excluding carboxylic acids is 2. The van der Waals surface area contributed by atoms with Gasteiger partial charge in [-0.15, -0.1) is 0 Å². The Labute approximate surface area is 170 Å². The molecule has 0 unspecified atom stereocenters. The Kier molecular flexibility index (Phi) is 6.69. The molecule has 29 heavy (non-hydrogen) atoms. The number of primary amides is 1. The van der Waals surface area contributed by atoms with Crippen LogP contribution in [0.25, 0.3) is 0 Å². The lowest BCUT2D eigenvalue weighted by Gasteiger charge is -2.29. The number of carbonyl (C=O) groups is 2. The van der Waals surface area contributed by atoms with E-state index in [1.54, 1.807) is 29.2 Å². The molecule has 2 aromatic rings. The molecule has 0 radical (unpaired) electrons. The maximum Gasteiger partial charge on any atom is 0.250 e. The highest BCUT2D eigenvalue weighted by molar-refractivity contribution is 6.01. The zero-order valence-electron chi connectivity index (χ0n) is 16.7. The van der Waals surface area contributed by atoms with Crippen LogP contribution in [0.3, 0.4) is 0 Å². The molecule has 0 spiro atoms. The van der Waals surface area contributed by atoms with Gasteiger partial charge in [-0.3, -0.25) is 9.59 Å². The van der Waals surface area contributed by atoms with E-state index in [2.05, 4.69) is 10.2 Å². The van der Waals surface area contributed by atoms with E-state index in [0.717, 1.165) is 31.6 Å². The van der Waals surface area contributed by atoms with E-state index in [4.69, 9.17) is 5.73 Å². The van der Waals surface area contributed by atoms with E-state index in [1.165, 1.54) is 18.6 Å². The van der Waals surface area contributed by atoms with Crippen LogP contribution in [0.1, 0.15) is 36.5 Å². The molecule has 2 amide bonds. The van der Waals surface area contributed by atoms with Crippen molar-refractivity contribution in [3.05, 3.63) is 53.8 Å². The number of halogens is 1. The number of hydrogen-bond donors (Lipinski definition) is 2. The Hall–Kier alpha value is -3.09. The van der Waals surface area contributed by atoms with Gasteiger partial charge in [0.2, 0.25) is 5.91 Å². The van der Waals surface area contributed by atoms with Crippen molar-refractivity contribution in [2.45, 2.75) is 26.2 Å². The maximum absolute atomic E-state index is 13.1. The second-order valence-electron chi connectivity index (χ2n) is 7.11. The average Bonchev–Trinajstić information content (AvgIpc) is 2.74. The van der Waals surface area contributed by atoms with Crippen LogP contribution in [0, 0.1) is 5.82 Å². The molecule has 0 atom stereocenters. The van der Waals surface area contributed by atoms with E-state index in [1.807, 2.05) is 13.0 Å². The van der Waals surface area contributed by atoms with Crippen molar-refractivity contribution in [2.75, 3.05) is 41.3 Å². The van der Waals surface area contributed by atoms with Crippen molar-refractivity contribution in [1.82, 2.24) is 0 Å². The van der Waals surface area contributed by atoms with Crippen molar-refractivity contribution in [3.8, 4) is 0 Å². The Morgan fingerprint density at radius 3 is 2.41 bits per heavy atom. The lowest BCUT2D eigenvalue weighted by molar-refractivity contribution is -0.116. The molecule has 0 aromatic heterocycles. The Morgan fingerprint density at radius 1 is 1.10 bits per heavy atom. The number of likely N-dealkylation sites (N-methyl/N-ethyl adjacent to an activating group) is 1. The highest BCUT2D eigenvalue weighted by Crippen LogP contribution is 2.26. The lowest BCUT2D eigenvalue weighted by Crippen LogP contribution is -2.35. The first-order valence-corrected chi connectivity index (χ1v) is 9.98. The summed E-state index contributed by atoms with van der Waals surface area (Å²) in [5, 5.41) is 3.04. The third-order valence-corrected chi connectivity index (χ3v) is 5.18. The SMILES string of the molecule is CCN(C(=O)CNc1ccc(N2CCCCC2)cc1C(N)=O)c1ccc(F)cc1. The van der Waals surface area contributed by atoms with Gasteiger partial charge in [0.25, 0.3) is 5.91 Å². The fourth-order valence-corrected chi connectivity index (χ4v) is 3.63. The summed E-state index contributed by atoms with van der Waals surface area (Å²) in [6, 6.07) is 11.3. The maximum atomic E-state index is 13.1. The predicted molar refractivity (Wildman–Crippen MR) is 114 cm³/mol. The summed E-state index contributed by atoms with van der Waals surface area (Å²) in [6.07, 6.45) is 3.50. The van der Waals surface area contributed by atoms with Crippen LogP contribution in [-0.2, 0) is 4.79 Å². The first-order valence-electron chi connectivity index (χ1n) is 9.98. The van der Waals surface area contributed by atoms with Gasteiger partial charge in [-0.2, -0.15) is 0 Å². The number of nitrogens with two attached hydrogens (primary N) is 1. The minimum absolute atomic E-state index is 0.00540. The van der Waals surface area contributed by atoms with E-state index in [0.29, 0.717) is 23.5 Å². The molecule has 3 N–H and O–H groups in total. The molecule has 0 bridgehead atoms. The summed E-state index contributed by atoms with van der Waals surface area (Å²) in [4.78, 5) is 28.5. The summed E-state index contributed by atoms with van der Waals surface area (Å²) in [5.41, 5.74) is 8.07. The molecule has 3 rings (SSSR count). The molecule has 154 valence electrons. The number of nitrogens with one attached hydrogen (secondary N) is 1. The number of amides is 2. The number of rotatable bonds is 7. The molecule has 1 saturated heterocycles. The van der Waals surface area contributed by atoms with Crippen molar-refractivity contribution in [2.24, 2.45) is 5.73 Å². The lowest BCUT2D eigenvalue weighted by atomic mass is 10.1. The van der Waals surface area contributed by atoms with Crippen LogP contribution in [0.5, 0.6) is 0 Å². The van der Waals surface area contributed by atoms with E-state index in [-0.39, 0.29) is 18.3 Å². The van der Waals surface area contributed by atoms with Crippen LogP contribution < -0.4 is 20.9 Å². The highest BCUT2D eigenvalue weighted by Gasteiger charge is 2.18. The molecule has 6 nitrogen and oxygen atoms in total. The molecule has 1 aliphatic rings. The molecule has 1 aliphatic heterocycles. The molecular weight excluding hydrogens is 371 g/mol. The van der Waals surface area contributed by atoms with Gasteiger partial charge >= 0.3 is 0 Å². The van der Waals surface area contributed by atoms with Gasteiger partial charge in [0, 0.05) is 36.7 Å². The van der Waals surface area contributed by atoms with Gasteiger partial charge in [0.05, 0.1) is 12.1 Å². The number of nitrogens with zero attached hydrogens (tertiary/aromatic N) is 2. The van der Waals surface area contributed by atoms with Gasteiger partial charge in [0.1, 0.15) is 5.82 Å². The summed E-state index contributed by atoms with van der Waals surface area (Å²) in [6.45, 7) is 4.22. The van der Waals surface area contributed by atoms with Crippen molar-refractivity contribution in [3.63, 3.8) is 0 Å². The standard InChI is InChI=1S/C22H27FN4O2/c1-2-27(17-8-6-16(23)7-9-17)21(28)15-25-20-11-10-18(14-19(20)22(24)29)26-12-4-3-5-13-26/h6-11,14,25H,2-5,12-13,15H2,1H3,(H2,24,29). The van der Waals surface area contributed by atoms with Crippen molar-refractivity contribution in [1.29, 1.82) is 0 Å². The van der Waals surface area contributed by atoms with Crippen molar-refractivity contribution >= 4 is 28.9 Å². The van der Waals surface area contributed by atoms with Crippen LogP contribution in [0.2, 0.25) is 0 Å². The van der Waals surface area contributed by atoms with Gasteiger partial charge in [-0.25, -0.2) is 4.39 Å². The first kappa shape index (κ1) is 20.6. The Bertz CT molecular complexity index is 864. The van der Waals surface area contributed by atoms with Crippen LogP contribution in [0.4, 0.5) is 21.5 Å². The second kappa shape index (κ2) is 9.41. The minimum Gasteiger partial charge on any atom is -0.375 e. The van der Waals surface area contributed by atoms with Gasteiger partial charge < -0.3 is 20.9 Å². The van der Waals surface area contributed by atoms with E-state index in [9.17, 15) is 14.0 Å². The summed E-state index contributed by atoms with van der Waals surface area (Å²) >= 11 is 0. The monoisotopic (exact) mass is 398 g/mol. The minimum atomic E-state index is -0.537. The zero-order chi connectivity index (χ0) is 20.8. The predicted octanol–water partition coefficient (Wildman–Crippen LogP) is 3.38. The molecule has 0 saturated carbocycles. The third kappa shape index (κ3) is 5.04.